The zero-order valence-corrected chi connectivity index (χ0v) is 11.4. The fourth-order valence-electron chi connectivity index (χ4n) is 1.84. The number of benzene rings is 1. The van der Waals surface area contributed by atoms with Crippen molar-refractivity contribution in [2.24, 2.45) is 0 Å². The SMILES string of the molecule is CCNc1cn2ccnc2c(Sc2ccccc2)n1. The van der Waals surface area contributed by atoms with Gasteiger partial charge in [-0.25, -0.2) is 9.97 Å². The standard InChI is InChI=1S/C14H14N4S/c1-2-15-12-10-18-9-8-16-13(18)14(17-12)19-11-6-4-3-5-7-11/h3-10,15H,2H2,1H3. The van der Waals surface area contributed by atoms with Crippen LogP contribution in [-0.4, -0.2) is 20.9 Å². The highest BCUT2D eigenvalue weighted by Gasteiger charge is 2.08. The summed E-state index contributed by atoms with van der Waals surface area (Å²) in [6, 6.07) is 10.2. The van der Waals surface area contributed by atoms with Crippen molar-refractivity contribution in [3.05, 3.63) is 48.9 Å². The Kier molecular flexibility index (Phi) is 3.37. The molecule has 96 valence electrons. The zero-order valence-electron chi connectivity index (χ0n) is 10.6. The molecule has 0 radical (unpaired) electrons. The van der Waals surface area contributed by atoms with Crippen LogP contribution < -0.4 is 5.32 Å². The molecule has 1 aromatic carbocycles. The predicted molar refractivity (Wildman–Crippen MR) is 77.7 cm³/mol. The second kappa shape index (κ2) is 5.32. The molecule has 0 bridgehead atoms. The molecule has 2 heterocycles. The molecule has 0 unspecified atom stereocenters. The summed E-state index contributed by atoms with van der Waals surface area (Å²) in [6.07, 6.45) is 5.69. The van der Waals surface area contributed by atoms with Gasteiger partial charge in [0.1, 0.15) is 10.8 Å². The smallest absolute Gasteiger partial charge is 0.170 e. The topological polar surface area (TPSA) is 42.2 Å². The van der Waals surface area contributed by atoms with E-state index in [1.165, 1.54) is 0 Å². The molecule has 3 rings (SSSR count). The lowest BCUT2D eigenvalue weighted by atomic mass is 10.4. The third-order valence-corrected chi connectivity index (χ3v) is 3.63. The van der Waals surface area contributed by atoms with Crippen LogP contribution in [0.15, 0.2) is 58.8 Å². The predicted octanol–water partition coefficient (Wildman–Crippen LogP) is 3.31. The lowest BCUT2D eigenvalue weighted by Gasteiger charge is -2.07. The summed E-state index contributed by atoms with van der Waals surface area (Å²) in [7, 11) is 0. The molecule has 3 aromatic rings. The molecule has 0 atom stereocenters. The summed E-state index contributed by atoms with van der Waals surface area (Å²) in [5.74, 6) is 0.867. The highest BCUT2D eigenvalue weighted by Crippen LogP contribution is 2.29. The molecule has 19 heavy (non-hydrogen) atoms. The first-order chi connectivity index (χ1) is 9.36. The number of nitrogens with zero attached hydrogens (tertiary/aromatic N) is 3. The molecule has 0 fully saturated rings. The summed E-state index contributed by atoms with van der Waals surface area (Å²) < 4.78 is 2.00. The minimum absolute atomic E-state index is 0.850. The van der Waals surface area contributed by atoms with Crippen LogP contribution in [0.5, 0.6) is 0 Å². The van der Waals surface area contributed by atoms with Crippen LogP contribution in [0.2, 0.25) is 0 Å². The van der Waals surface area contributed by atoms with E-state index in [0.717, 1.165) is 27.9 Å². The van der Waals surface area contributed by atoms with Crippen LogP contribution in [-0.2, 0) is 0 Å². The largest absolute Gasteiger partial charge is 0.369 e. The van der Waals surface area contributed by atoms with Crippen LogP contribution >= 0.6 is 11.8 Å². The van der Waals surface area contributed by atoms with Gasteiger partial charge in [-0.2, -0.15) is 0 Å². The van der Waals surface area contributed by atoms with Crippen molar-refractivity contribution in [3.8, 4) is 0 Å². The van der Waals surface area contributed by atoms with Gasteiger partial charge in [0.2, 0.25) is 0 Å². The van der Waals surface area contributed by atoms with Gasteiger partial charge >= 0.3 is 0 Å². The van der Waals surface area contributed by atoms with Crippen molar-refractivity contribution < 1.29 is 0 Å². The Balaban J connectivity index is 2.03. The van der Waals surface area contributed by atoms with E-state index in [0.29, 0.717) is 0 Å². The Morgan fingerprint density at radius 3 is 2.89 bits per heavy atom. The lowest BCUT2D eigenvalue weighted by molar-refractivity contribution is 1.01. The number of anilines is 1. The summed E-state index contributed by atoms with van der Waals surface area (Å²) in [6.45, 7) is 2.91. The van der Waals surface area contributed by atoms with E-state index < -0.39 is 0 Å². The number of hydrogen-bond acceptors (Lipinski definition) is 4. The molecule has 0 spiro atoms. The van der Waals surface area contributed by atoms with Crippen molar-refractivity contribution in [1.82, 2.24) is 14.4 Å². The first kappa shape index (κ1) is 12.0. The van der Waals surface area contributed by atoms with Crippen LogP contribution in [0.4, 0.5) is 5.82 Å². The number of rotatable bonds is 4. The second-order valence-corrected chi connectivity index (χ2v) is 5.10. The number of aromatic nitrogens is 3. The summed E-state index contributed by atoms with van der Waals surface area (Å²) >= 11 is 1.63. The number of imidazole rings is 1. The van der Waals surface area contributed by atoms with Crippen molar-refractivity contribution in [2.45, 2.75) is 16.8 Å². The Hall–Kier alpha value is -2.01. The van der Waals surface area contributed by atoms with Crippen molar-refractivity contribution in [2.75, 3.05) is 11.9 Å². The number of hydrogen-bond donors (Lipinski definition) is 1. The summed E-state index contributed by atoms with van der Waals surface area (Å²) in [4.78, 5) is 10.2. The fraction of sp³-hybridized carbons (Fsp3) is 0.143. The molecule has 0 aliphatic carbocycles. The van der Waals surface area contributed by atoms with E-state index in [1.807, 2.05) is 35.0 Å². The van der Waals surface area contributed by atoms with Crippen molar-refractivity contribution in [1.29, 1.82) is 0 Å². The van der Waals surface area contributed by atoms with Gasteiger partial charge in [0.05, 0.1) is 6.20 Å². The van der Waals surface area contributed by atoms with Gasteiger partial charge in [-0.1, -0.05) is 30.0 Å². The van der Waals surface area contributed by atoms with Gasteiger partial charge < -0.3 is 9.72 Å². The Bertz CT molecular complexity index is 678. The molecule has 1 N–H and O–H groups in total. The van der Waals surface area contributed by atoms with Gasteiger partial charge in [0.25, 0.3) is 0 Å². The molecular formula is C14H14N4S. The molecule has 0 aliphatic heterocycles. The first-order valence-corrected chi connectivity index (χ1v) is 6.99. The van der Waals surface area contributed by atoms with Gasteiger partial charge in [-0.3, -0.25) is 0 Å². The van der Waals surface area contributed by atoms with E-state index in [9.17, 15) is 0 Å². The quantitative estimate of drug-likeness (QED) is 0.789. The van der Waals surface area contributed by atoms with Gasteiger partial charge in [0, 0.05) is 23.8 Å². The molecular weight excluding hydrogens is 256 g/mol. The molecule has 5 heteroatoms. The zero-order chi connectivity index (χ0) is 13.1. The van der Waals surface area contributed by atoms with Crippen molar-refractivity contribution >= 4 is 23.2 Å². The van der Waals surface area contributed by atoms with Crippen LogP contribution in [0.25, 0.3) is 5.65 Å². The molecule has 0 amide bonds. The second-order valence-electron chi connectivity index (χ2n) is 4.03. The van der Waals surface area contributed by atoms with E-state index >= 15 is 0 Å². The molecule has 0 saturated carbocycles. The highest BCUT2D eigenvalue weighted by atomic mass is 32.2. The normalized spacial score (nSPS) is 10.8. The third kappa shape index (κ3) is 2.56. The molecule has 2 aromatic heterocycles. The Morgan fingerprint density at radius 1 is 1.26 bits per heavy atom. The summed E-state index contributed by atoms with van der Waals surface area (Å²) in [5.41, 5.74) is 0.885. The molecule has 4 nitrogen and oxygen atoms in total. The minimum Gasteiger partial charge on any atom is -0.369 e. The summed E-state index contributed by atoms with van der Waals surface area (Å²) in [5, 5.41) is 4.15. The van der Waals surface area contributed by atoms with Crippen LogP contribution in [0.1, 0.15) is 6.92 Å². The number of fused-ring (bicyclic) bond motifs is 1. The highest BCUT2D eigenvalue weighted by molar-refractivity contribution is 7.99. The average Bonchev–Trinajstić information content (AvgIpc) is 2.89. The average molecular weight is 270 g/mol. The van der Waals surface area contributed by atoms with Gasteiger partial charge in [-0.05, 0) is 19.1 Å². The lowest BCUT2D eigenvalue weighted by Crippen LogP contribution is -2.02. The third-order valence-electron chi connectivity index (χ3n) is 2.66. The monoisotopic (exact) mass is 270 g/mol. The van der Waals surface area contributed by atoms with E-state index in [2.05, 4.69) is 34.3 Å². The van der Waals surface area contributed by atoms with Crippen LogP contribution in [0.3, 0.4) is 0 Å². The van der Waals surface area contributed by atoms with E-state index in [4.69, 9.17) is 0 Å². The number of nitrogens with one attached hydrogen (secondary N) is 1. The van der Waals surface area contributed by atoms with E-state index in [-0.39, 0.29) is 0 Å². The Morgan fingerprint density at radius 2 is 2.11 bits per heavy atom. The van der Waals surface area contributed by atoms with Gasteiger partial charge in [-0.15, -0.1) is 0 Å². The molecule has 0 saturated heterocycles. The maximum atomic E-state index is 4.63. The molecule has 0 aliphatic rings. The maximum Gasteiger partial charge on any atom is 0.170 e. The fourth-order valence-corrected chi connectivity index (χ4v) is 2.75. The van der Waals surface area contributed by atoms with Crippen LogP contribution in [0, 0.1) is 0 Å². The van der Waals surface area contributed by atoms with E-state index in [1.54, 1.807) is 18.0 Å². The van der Waals surface area contributed by atoms with Crippen molar-refractivity contribution in [3.63, 3.8) is 0 Å². The maximum absolute atomic E-state index is 4.63. The minimum atomic E-state index is 0.850. The Labute approximate surface area is 115 Å². The first-order valence-electron chi connectivity index (χ1n) is 6.17. The van der Waals surface area contributed by atoms with Gasteiger partial charge in [0.15, 0.2) is 5.65 Å².